The van der Waals surface area contributed by atoms with E-state index >= 15 is 0 Å². The Bertz CT molecular complexity index is 765. The van der Waals surface area contributed by atoms with Crippen molar-refractivity contribution in [2.75, 3.05) is 4.72 Å². The fraction of sp³-hybridized carbons (Fsp3) is 0.0769. The van der Waals surface area contributed by atoms with Crippen LogP contribution in [-0.4, -0.2) is 8.42 Å². The number of hydrogen-bond acceptors (Lipinski definition) is 2. The van der Waals surface area contributed by atoms with Gasteiger partial charge in [0, 0.05) is 4.47 Å². The third kappa shape index (κ3) is 3.31. The Kier molecular flexibility index (Phi) is 4.36. The van der Waals surface area contributed by atoms with Gasteiger partial charge in [-0.05, 0) is 58.7 Å². The topological polar surface area (TPSA) is 46.2 Å². The molecule has 0 aliphatic rings. The smallest absolute Gasteiger partial charge is 0.263 e. The molecule has 0 amide bonds. The molecule has 2 aromatic rings. The Morgan fingerprint density at radius 3 is 2.55 bits per heavy atom. The molecule has 2 aromatic carbocycles. The van der Waals surface area contributed by atoms with Crippen molar-refractivity contribution in [3.8, 4) is 0 Å². The number of anilines is 1. The highest BCUT2D eigenvalue weighted by molar-refractivity contribution is 9.10. The van der Waals surface area contributed by atoms with Gasteiger partial charge in [-0.25, -0.2) is 12.8 Å². The lowest BCUT2D eigenvalue weighted by Crippen LogP contribution is -2.14. The van der Waals surface area contributed by atoms with Gasteiger partial charge in [-0.1, -0.05) is 17.7 Å². The van der Waals surface area contributed by atoms with Crippen LogP contribution in [0.4, 0.5) is 10.1 Å². The first-order chi connectivity index (χ1) is 9.29. The van der Waals surface area contributed by atoms with Gasteiger partial charge < -0.3 is 0 Å². The molecule has 106 valence electrons. The van der Waals surface area contributed by atoms with Crippen LogP contribution >= 0.6 is 27.5 Å². The molecule has 20 heavy (non-hydrogen) atoms. The highest BCUT2D eigenvalue weighted by Crippen LogP contribution is 2.28. The normalized spacial score (nSPS) is 11.4. The highest BCUT2D eigenvalue weighted by atomic mass is 79.9. The first-order valence-electron chi connectivity index (χ1n) is 5.53. The van der Waals surface area contributed by atoms with E-state index in [2.05, 4.69) is 20.7 Å². The van der Waals surface area contributed by atoms with Crippen LogP contribution in [-0.2, 0) is 10.0 Å². The van der Waals surface area contributed by atoms with Gasteiger partial charge in [-0.3, -0.25) is 4.72 Å². The van der Waals surface area contributed by atoms with Gasteiger partial charge in [-0.2, -0.15) is 0 Å². The van der Waals surface area contributed by atoms with Crippen molar-refractivity contribution in [3.05, 3.63) is 57.3 Å². The summed E-state index contributed by atoms with van der Waals surface area (Å²) in [6.07, 6.45) is 0. The molecule has 0 radical (unpaired) electrons. The summed E-state index contributed by atoms with van der Waals surface area (Å²) in [6.45, 7) is 1.82. The molecule has 7 heteroatoms. The molecule has 0 aromatic heterocycles. The van der Waals surface area contributed by atoms with E-state index in [-0.39, 0.29) is 20.1 Å². The van der Waals surface area contributed by atoms with Gasteiger partial charge in [0.2, 0.25) is 0 Å². The van der Waals surface area contributed by atoms with Gasteiger partial charge in [0.15, 0.2) is 0 Å². The molecule has 0 atom stereocenters. The van der Waals surface area contributed by atoms with Crippen LogP contribution in [0.1, 0.15) is 5.56 Å². The molecule has 3 nitrogen and oxygen atoms in total. The predicted octanol–water partition coefficient (Wildman–Crippen LogP) is 4.35. The fourth-order valence-corrected chi connectivity index (χ4v) is 3.95. The Hall–Kier alpha value is -1.11. The molecule has 0 spiro atoms. The maximum Gasteiger partial charge on any atom is 0.263 e. The largest absolute Gasteiger partial charge is 0.278 e. The summed E-state index contributed by atoms with van der Waals surface area (Å²) in [5, 5.41) is 0.289. The van der Waals surface area contributed by atoms with E-state index in [0.29, 0.717) is 0 Å². The van der Waals surface area contributed by atoms with E-state index in [1.165, 1.54) is 6.07 Å². The highest BCUT2D eigenvalue weighted by Gasteiger charge is 2.19. The summed E-state index contributed by atoms with van der Waals surface area (Å²) in [6, 6.07) is 8.36. The molecule has 0 saturated carbocycles. The van der Waals surface area contributed by atoms with E-state index in [1.54, 1.807) is 18.2 Å². The molecule has 0 heterocycles. The second kappa shape index (κ2) is 5.71. The van der Waals surface area contributed by atoms with Crippen molar-refractivity contribution in [2.24, 2.45) is 0 Å². The number of halogens is 3. The van der Waals surface area contributed by atoms with Gasteiger partial charge in [-0.15, -0.1) is 0 Å². The third-order valence-electron chi connectivity index (χ3n) is 2.55. The second-order valence-corrected chi connectivity index (χ2v) is 7.08. The van der Waals surface area contributed by atoms with Gasteiger partial charge in [0.05, 0.1) is 10.7 Å². The maximum absolute atomic E-state index is 13.0. The lowest BCUT2D eigenvalue weighted by Gasteiger charge is -2.11. The second-order valence-electron chi connectivity index (χ2n) is 4.16. The van der Waals surface area contributed by atoms with Crippen molar-refractivity contribution in [1.29, 1.82) is 0 Å². The number of rotatable bonds is 3. The average Bonchev–Trinajstić information content (AvgIpc) is 2.33. The van der Waals surface area contributed by atoms with Crippen LogP contribution in [0.15, 0.2) is 45.8 Å². The molecule has 1 N–H and O–H groups in total. The minimum absolute atomic E-state index is 0.0588. The summed E-state index contributed by atoms with van der Waals surface area (Å²) in [5.74, 6) is -0.524. The van der Waals surface area contributed by atoms with E-state index in [9.17, 15) is 12.8 Å². The van der Waals surface area contributed by atoms with Crippen molar-refractivity contribution >= 4 is 43.2 Å². The molecule has 0 aliphatic carbocycles. The average molecular weight is 379 g/mol. The predicted molar refractivity (Wildman–Crippen MR) is 81.1 cm³/mol. The number of sulfonamides is 1. The van der Waals surface area contributed by atoms with Crippen molar-refractivity contribution < 1.29 is 12.8 Å². The zero-order valence-corrected chi connectivity index (χ0v) is 13.5. The van der Waals surface area contributed by atoms with Crippen LogP contribution in [0, 0.1) is 12.7 Å². The number of nitrogens with one attached hydrogen (secondary N) is 1. The molecule has 0 bridgehead atoms. The van der Waals surface area contributed by atoms with Crippen LogP contribution in [0.3, 0.4) is 0 Å². The van der Waals surface area contributed by atoms with E-state index < -0.39 is 15.8 Å². The molecule has 0 fully saturated rings. The fourth-order valence-electron chi connectivity index (χ4n) is 1.61. The number of hydrogen-bond donors (Lipinski definition) is 1. The van der Waals surface area contributed by atoms with Crippen LogP contribution < -0.4 is 4.72 Å². The van der Waals surface area contributed by atoms with Crippen molar-refractivity contribution in [3.63, 3.8) is 0 Å². The lowest BCUT2D eigenvalue weighted by molar-refractivity contribution is 0.599. The SMILES string of the molecule is Cc1ccc(Cl)c(NS(=O)(=O)c2ccc(F)cc2Br)c1. The first kappa shape index (κ1) is 15.3. The third-order valence-corrected chi connectivity index (χ3v) is 5.22. The monoisotopic (exact) mass is 377 g/mol. The molecular weight excluding hydrogens is 369 g/mol. The number of aryl methyl sites for hydroxylation is 1. The number of benzene rings is 2. The Morgan fingerprint density at radius 1 is 1.20 bits per heavy atom. The molecule has 0 unspecified atom stereocenters. The lowest BCUT2D eigenvalue weighted by atomic mass is 10.2. The summed E-state index contributed by atoms with van der Waals surface area (Å²) in [4.78, 5) is -0.0588. The van der Waals surface area contributed by atoms with E-state index in [0.717, 1.165) is 17.7 Å². The summed E-state index contributed by atoms with van der Waals surface area (Å²) in [7, 11) is -3.85. The Morgan fingerprint density at radius 2 is 1.90 bits per heavy atom. The van der Waals surface area contributed by atoms with Crippen molar-refractivity contribution in [2.45, 2.75) is 11.8 Å². The minimum atomic E-state index is -3.85. The van der Waals surface area contributed by atoms with Crippen molar-refractivity contribution in [1.82, 2.24) is 0 Å². The standard InChI is InChI=1S/C13H10BrClFNO2S/c1-8-2-4-11(15)12(6-8)17-20(18,19)13-5-3-9(16)7-10(13)14/h2-7,17H,1H3. The summed E-state index contributed by atoms with van der Waals surface area (Å²) < 4.78 is 40.1. The molecule has 0 aliphatic heterocycles. The van der Waals surface area contributed by atoms with Gasteiger partial charge in [0.25, 0.3) is 10.0 Å². The van der Waals surface area contributed by atoms with Crippen LogP contribution in [0.25, 0.3) is 0 Å². The van der Waals surface area contributed by atoms with Crippen LogP contribution in [0.5, 0.6) is 0 Å². The van der Waals surface area contributed by atoms with E-state index in [1.807, 2.05) is 6.92 Å². The molecule has 2 rings (SSSR count). The summed E-state index contributed by atoms with van der Waals surface area (Å²) in [5.41, 5.74) is 1.15. The van der Waals surface area contributed by atoms with E-state index in [4.69, 9.17) is 11.6 Å². The zero-order chi connectivity index (χ0) is 14.9. The minimum Gasteiger partial charge on any atom is -0.278 e. The molecular formula is C13H10BrClFNO2S. The zero-order valence-electron chi connectivity index (χ0n) is 10.3. The maximum atomic E-state index is 13.0. The summed E-state index contributed by atoms with van der Waals surface area (Å²) >= 11 is 8.99. The Balaban J connectivity index is 2.43. The molecule has 0 saturated heterocycles. The Labute approximate surface area is 130 Å². The van der Waals surface area contributed by atoms with Gasteiger partial charge in [0.1, 0.15) is 10.7 Å². The van der Waals surface area contributed by atoms with Gasteiger partial charge >= 0.3 is 0 Å². The first-order valence-corrected chi connectivity index (χ1v) is 8.19. The quantitative estimate of drug-likeness (QED) is 0.863. The van der Waals surface area contributed by atoms with Crippen LogP contribution in [0.2, 0.25) is 5.02 Å².